The average Bonchev–Trinajstić information content (AvgIpc) is 2.74. The highest BCUT2D eigenvalue weighted by atomic mass is 35.5. The molecule has 4 nitrogen and oxygen atoms in total. The van der Waals surface area contributed by atoms with E-state index < -0.39 is 11.9 Å². The number of carbonyl (C=O) groups excluding carboxylic acids is 1. The van der Waals surface area contributed by atoms with Crippen molar-refractivity contribution < 1.29 is 18.0 Å². The van der Waals surface area contributed by atoms with Crippen LogP contribution < -0.4 is 0 Å². The lowest BCUT2D eigenvalue weighted by Gasteiger charge is -2.06. The maximum atomic E-state index is 12.6. The van der Waals surface area contributed by atoms with E-state index in [4.69, 9.17) is 11.6 Å². The second kappa shape index (κ2) is 5.24. The summed E-state index contributed by atoms with van der Waals surface area (Å²) in [5.74, 6) is 0. The van der Waals surface area contributed by atoms with Crippen molar-refractivity contribution in [2.45, 2.75) is 19.6 Å². The number of rotatable bonds is 3. The zero-order valence-corrected chi connectivity index (χ0v) is 11.0. The Labute approximate surface area is 117 Å². The summed E-state index contributed by atoms with van der Waals surface area (Å²) in [4.78, 5) is 14.5. The van der Waals surface area contributed by atoms with Crippen molar-refractivity contribution in [3.05, 3.63) is 34.6 Å². The Morgan fingerprint density at radius 3 is 2.65 bits per heavy atom. The summed E-state index contributed by atoms with van der Waals surface area (Å²) in [6, 6.07) is 3.40. The van der Waals surface area contributed by atoms with Crippen LogP contribution in [0.25, 0.3) is 11.4 Å². The molecule has 0 unspecified atom stereocenters. The second-order valence-electron chi connectivity index (χ2n) is 3.89. The zero-order chi connectivity index (χ0) is 14.9. The Bertz CT molecular complexity index is 652. The molecule has 0 N–H and O–H groups in total. The van der Waals surface area contributed by atoms with Crippen LogP contribution in [0.4, 0.5) is 13.2 Å². The third-order valence-electron chi connectivity index (χ3n) is 2.62. The lowest BCUT2D eigenvalue weighted by atomic mass is 10.2. The van der Waals surface area contributed by atoms with Crippen LogP contribution in [-0.4, -0.2) is 21.1 Å². The van der Waals surface area contributed by atoms with Crippen LogP contribution in [0.2, 0.25) is 5.15 Å². The molecule has 0 radical (unpaired) electrons. The highest BCUT2D eigenvalue weighted by molar-refractivity contribution is 6.32. The molecule has 2 rings (SSSR count). The average molecular weight is 304 g/mol. The summed E-state index contributed by atoms with van der Waals surface area (Å²) < 4.78 is 39.2. The van der Waals surface area contributed by atoms with E-state index in [-0.39, 0.29) is 22.1 Å². The predicted octanol–water partition coefficient (Wildman–Crippen LogP) is 3.45. The molecule has 0 fully saturated rings. The molecule has 0 atom stereocenters. The maximum absolute atomic E-state index is 12.6. The van der Waals surface area contributed by atoms with Gasteiger partial charge in [-0.25, -0.2) is 4.98 Å². The molecule has 0 aliphatic heterocycles. The maximum Gasteiger partial charge on any atom is 0.433 e. The van der Waals surface area contributed by atoms with Crippen molar-refractivity contribution in [1.82, 2.24) is 14.8 Å². The summed E-state index contributed by atoms with van der Waals surface area (Å²) in [6.07, 6.45) is -4.10. The highest BCUT2D eigenvalue weighted by Gasteiger charge is 2.33. The van der Waals surface area contributed by atoms with Crippen molar-refractivity contribution in [2.24, 2.45) is 0 Å². The van der Waals surface area contributed by atoms with E-state index in [9.17, 15) is 18.0 Å². The lowest BCUT2D eigenvalue weighted by Crippen LogP contribution is -2.08. The zero-order valence-electron chi connectivity index (χ0n) is 10.3. The minimum absolute atomic E-state index is 0.0281. The monoisotopic (exact) mass is 303 g/mol. The van der Waals surface area contributed by atoms with Gasteiger partial charge in [0.05, 0.1) is 11.3 Å². The molecule has 2 aromatic heterocycles. The SMILES string of the molecule is CCn1nc(-c2cccc(C(F)(F)F)n2)c(C=O)c1Cl. The van der Waals surface area contributed by atoms with Gasteiger partial charge < -0.3 is 0 Å². The molecule has 8 heteroatoms. The fourth-order valence-corrected chi connectivity index (χ4v) is 1.97. The Kier molecular flexibility index (Phi) is 3.80. The quantitative estimate of drug-likeness (QED) is 0.816. The van der Waals surface area contributed by atoms with E-state index in [0.29, 0.717) is 12.8 Å². The van der Waals surface area contributed by atoms with Gasteiger partial charge in [0.25, 0.3) is 0 Å². The van der Waals surface area contributed by atoms with E-state index in [0.717, 1.165) is 6.07 Å². The molecule has 0 bridgehead atoms. The molecular weight excluding hydrogens is 295 g/mol. The summed E-state index contributed by atoms with van der Waals surface area (Å²) >= 11 is 5.93. The number of alkyl halides is 3. The smallest absolute Gasteiger partial charge is 0.298 e. The third kappa shape index (κ3) is 2.53. The number of carbonyl (C=O) groups is 1. The van der Waals surface area contributed by atoms with E-state index in [2.05, 4.69) is 10.1 Å². The lowest BCUT2D eigenvalue weighted by molar-refractivity contribution is -0.141. The molecule has 0 aromatic carbocycles. The highest BCUT2D eigenvalue weighted by Crippen LogP contribution is 2.31. The number of pyridine rings is 1. The van der Waals surface area contributed by atoms with Gasteiger partial charge in [0, 0.05) is 6.54 Å². The fraction of sp³-hybridized carbons (Fsp3) is 0.250. The van der Waals surface area contributed by atoms with Gasteiger partial charge in [0.1, 0.15) is 16.5 Å². The number of hydrogen-bond acceptors (Lipinski definition) is 3. The van der Waals surface area contributed by atoms with Gasteiger partial charge in [0.2, 0.25) is 0 Å². The first-order chi connectivity index (χ1) is 9.38. The van der Waals surface area contributed by atoms with Crippen molar-refractivity contribution in [3.63, 3.8) is 0 Å². The number of aromatic nitrogens is 3. The first kappa shape index (κ1) is 14.5. The van der Waals surface area contributed by atoms with Crippen molar-refractivity contribution in [2.75, 3.05) is 0 Å². The molecule has 20 heavy (non-hydrogen) atoms. The standard InChI is InChI=1S/C12H9ClF3N3O/c1-2-19-11(13)7(6-20)10(18-19)8-4-3-5-9(17-8)12(14,15)16/h3-6H,2H2,1H3. The number of aldehydes is 1. The van der Waals surface area contributed by atoms with Gasteiger partial charge in [-0.15, -0.1) is 0 Å². The minimum Gasteiger partial charge on any atom is -0.298 e. The van der Waals surface area contributed by atoms with Crippen molar-refractivity contribution in [3.8, 4) is 11.4 Å². The largest absolute Gasteiger partial charge is 0.433 e. The van der Waals surface area contributed by atoms with Crippen molar-refractivity contribution >= 4 is 17.9 Å². The Balaban J connectivity index is 2.60. The van der Waals surface area contributed by atoms with Crippen LogP contribution in [0.5, 0.6) is 0 Å². The molecule has 106 valence electrons. The van der Waals surface area contributed by atoms with Crippen LogP contribution in [0.3, 0.4) is 0 Å². The number of hydrogen-bond donors (Lipinski definition) is 0. The van der Waals surface area contributed by atoms with Crippen LogP contribution in [0.1, 0.15) is 23.0 Å². The van der Waals surface area contributed by atoms with Gasteiger partial charge in [-0.2, -0.15) is 18.3 Å². The van der Waals surface area contributed by atoms with Crippen LogP contribution >= 0.6 is 11.6 Å². The number of halogens is 4. The number of aryl methyl sites for hydroxylation is 1. The van der Waals surface area contributed by atoms with Crippen molar-refractivity contribution in [1.29, 1.82) is 0 Å². The van der Waals surface area contributed by atoms with Crippen LogP contribution in [-0.2, 0) is 12.7 Å². The van der Waals surface area contributed by atoms with E-state index in [1.807, 2.05) is 0 Å². The molecular formula is C12H9ClF3N3O. The summed E-state index contributed by atoms with van der Waals surface area (Å²) in [5.41, 5.74) is -1.02. The Morgan fingerprint density at radius 1 is 1.40 bits per heavy atom. The molecule has 0 saturated heterocycles. The predicted molar refractivity (Wildman–Crippen MR) is 66.5 cm³/mol. The Morgan fingerprint density at radius 2 is 2.10 bits per heavy atom. The third-order valence-corrected chi connectivity index (χ3v) is 3.02. The minimum atomic E-state index is -4.56. The van der Waals surface area contributed by atoms with Crippen LogP contribution in [0.15, 0.2) is 18.2 Å². The van der Waals surface area contributed by atoms with Crippen LogP contribution in [0, 0.1) is 0 Å². The molecule has 0 spiro atoms. The molecule has 0 amide bonds. The van der Waals surface area contributed by atoms with Gasteiger partial charge in [-0.05, 0) is 19.1 Å². The van der Waals surface area contributed by atoms with E-state index in [1.54, 1.807) is 6.92 Å². The van der Waals surface area contributed by atoms with Gasteiger partial charge >= 0.3 is 6.18 Å². The molecule has 2 heterocycles. The summed E-state index contributed by atoms with van der Waals surface area (Å²) in [7, 11) is 0. The second-order valence-corrected chi connectivity index (χ2v) is 4.25. The molecule has 0 aliphatic rings. The molecule has 2 aromatic rings. The van der Waals surface area contributed by atoms with Gasteiger partial charge in [-0.3, -0.25) is 9.48 Å². The normalized spacial score (nSPS) is 11.7. The first-order valence-electron chi connectivity index (χ1n) is 5.64. The summed E-state index contributed by atoms with van der Waals surface area (Å²) in [6.45, 7) is 2.13. The number of nitrogens with zero attached hydrogens (tertiary/aromatic N) is 3. The summed E-state index contributed by atoms with van der Waals surface area (Å²) in [5, 5.41) is 4.10. The van der Waals surface area contributed by atoms with E-state index >= 15 is 0 Å². The Hall–Kier alpha value is -1.89. The molecule has 0 aliphatic carbocycles. The topological polar surface area (TPSA) is 47.8 Å². The first-order valence-corrected chi connectivity index (χ1v) is 6.02. The van der Waals surface area contributed by atoms with Gasteiger partial charge in [-0.1, -0.05) is 17.7 Å². The molecule has 0 saturated carbocycles. The van der Waals surface area contributed by atoms with E-state index in [1.165, 1.54) is 16.8 Å². The van der Waals surface area contributed by atoms with Gasteiger partial charge in [0.15, 0.2) is 6.29 Å². The fourth-order valence-electron chi connectivity index (χ4n) is 1.68.